The number of hydrogen-bond donors (Lipinski definition) is 1. The van der Waals surface area contributed by atoms with Crippen molar-refractivity contribution < 1.29 is 9.59 Å². The predicted octanol–water partition coefficient (Wildman–Crippen LogP) is 3.91. The molecule has 0 fully saturated rings. The molecule has 0 unspecified atom stereocenters. The number of thioether (sulfide) groups is 2. The highest BCUT2D eigenvalue weighted by atomic mass is 32.2. The zero-order valence-corrected chi connectivity index (χ0v) is 11.9. The van der Waals surface area contributed by atoms with Crippen molar-refractivity contribution in [3.63, 3.8) is 0 Å². The maximum Gasteiger partial charge on any atom is 0.186 e. The molecule has 0 heterocycles. The zero-order chi connectivity index (χ0) is 13.5. The predicted molar refractivity (Wildman–Crippen MR) is 75.2 cm³/mol. The summed E-state index contributed by atoms with van der Waals surface area (Å²) in [6, 6.07) is 5.39. The first kappa shape index (κ1) is 14.9. The maximum absolute atomic E-state index is 11.0. The summed E-state index contributed by atoms with van der Waals surface area (Å²) in [5, 5.41) is 3.49. The van der Waals surface area contributed by atoms with E-state index in [2.05, 4.69) is 5.11 Å². The highest BCUT2D eigenvalue weighted by Gasteiger charge is 2.07. The molecule has 0 saturated heterocycles. The Bertz CT molecular complexity index is 475. The number of hydrogen-bond acceptors (Lipinski definition) is 6. The molecule has 0 aliphatic heterocycles. The van der Waals surface area contributed by atoms with E-state index < -0.39 is 0 Å². The van der Waals surface area contributed by atoms with Crippen molar-refractivity contribution in [2.45, 2.75) is 25.4 Å². The summed E-state index contributed by atoms with van der Waals surface area (Å²) in [7, 11) is 0. The van der Waals surface area contributed by atoms with Gasteiger partial charge in [0.2, 0.25) is 0 Å². The zero-order valence-electron chi connectivity index (χ0n) is 10.2. The summed E-state index contributed by atoms with van der Waals surface area (Å²) in [5.74, 6) is 1.13. The smallest absolute Gasteiger partial charge is 0.186 e. The van der Waals surface area contributed by atoms with E-state index >= 15 is 0 Å². The molecular formula is C12H14N2O2S2. The Morgan fingerprint density at radius 1 is 1.11 bits per heavy atom. The van der Waals surface area contributed by atoms with Gasteiger partial charge in [-0.2, -0.15) is 5.11 Å². The summed E-state index contributed by atoms with van der Waals surface area (Å²) in [5.41, 5.74) is 9.52. The van der Waals surface area contributed by atoms with Crippen LogP contribution in [0.25, 0.3) is 0 Å². The molecule has 0 atom stereocenters. The van der Waals surface area contributed by atoms with Crippen LogP contribution >= 0.6 is 23.5 Å². The highest BCUT2D eigenvalue weighted by molar-refractivity contribution is 8.13. The second-order valence-electron chi connectivity index (χ2n) is 3.63. The van der Waals surface area contributed by atoms with Gasteiger partial charge in [0.15, 0.2) is 10.2 Å². The molecule has 0 amide bonds. The number of rotatable bonds is 5. The lowest BCUT2D eigenvalue weighted by Crippen LogP contribution is -1.94. The van der Waals surface area contributed by atoms with Crippen LogP contribution in [-0.4, -0.2) is 10.2 Å². The fourth-order valence-corrected chi connectivity index (χ4v) is 2.58. The molecule has 18 heavy (non-hydrogen) atoms. The van der Waals surface area contributed by atoms with Crippen LogP contribution in [0.15, 0.2) is 23.3 Å². The van der Waals surface area contributed by atoms with Crippen LogP contribution in [0.1, 0.15) is 25.0 Å². The van der Waals surface area contributed by atoms with Crippen molar-refractivity contribution in [3.05, 3.63) is 29.3 Å². The molecule has 1 aromatic rings. The Balaban J connectivity index is 2.88. The molecular weight excluding hydrogens is 268 g/mol. The van der Waals surface area contributed by atoms with E-state index in [1.54, 1.807) is 12.1 Å². The van der Waals surface area contributed by atoms with Gasteiger partial charge >= 0.3 is 0 Å². The first-order valence-electron chi connectivity index (χ1n) is 5.29. The number of carbonyl (C=O) groups is 2. The van der Waals surface area contributed by atoms with E-state index in [1.807, 2.05) is 6.07 Å². The average Bonchev–Trinajstić information content (AvgIpc) is 2.34. The number of nitrogens with one attached hydrogen (secondary N) is 1. The van der Waals surface area contributed by atoms with Gasteiger partial charge in [-0.05, 0) is 23.3 Å². The van der Waals surface area contributed by atoms with Crippen molar-refractivity contribution in [2.75, 3.05) is 0 Å². The van der Waals surface area contributed by atoms with Crippen molar-refractivity contribution in [2.24, 2.45) is 5.11 Å². The fourth-order valence-electron chi connectivity index (χ4n) is 1.32. The normalized spacial score (nSPS) is 10.1. The van der Waals surface area contributed by atoms with E-state index in [4.69, 9.17) is 5.53 Å². The quantitative estimate of drug-likeness (QED) is 0.831. The van der Waals surface area contributed by atoms with Gasteiger partial charge in [-0.25, -0.2) is 5.53 Å². The van der Waals surface area contributed by atoms with Crippen molar-refractivity contribution in [1.29, 1.82) is 5.53 Å². The topological polar surface area (TPSA) is 70.3 Å². The van der Waals surface area contributed by atoms with Crippen LogP contribution in [-0.2, 0) is 21.1 Å². The van der Waals surface area contributed by atoms with Gasteiger partial charge in [-0.15, -0.1) is 0 Å². The van der Waals surface area contributed by atoms with E-state index in [0.29, 0.717) is 17.2 Å². The summed E-state index contributed by atoms with van der Waals surface area (Å²) in [6.07, 6.45) is 0. The molecule has 1 rings (SSSR count). The molecule has 4 nitrogen and oxygen atoms in total. The minimum atomic E-state index is 0.0494. The number of carbonyl (C=O) groups excluding carboxylic acids is 2. The fraction of sp³-hybridized carbons (Fsp3) is 0.333. The van der Waals surface area contributed by atoms with Crippen molar-refractivity contribution in [3.8, 4) is 0 Å². The van der Waals surface area contributed by atoms with Crippen LogP contribution in [0.2, 0.25) is 0 Å². The van der Waals surface area contributed by atoms with Crippen LogP contribution in [0.3, 0.4) is 0 Å². The first-order valence-corrected chi connectivity index (χ1v) is 7.26. The van der Waals surface area contributed by atoms with Gasteiger partial charge in [0, 0.05) is 25.4 Å². The molecule has 0 bridgehead atoms. The number of nitrogens with zero attached hydrogens (tertiary/aromatic N) is 1. The van der Waals surface area contributed by atoms with Crippen LogP contribution in [0, 0.1) is 5.53 Å². The SMILES string of the molecule is CC(=O)SCc1ccc(N=N)cc1CSC(C)=O. The monoisotopic (exact) mass is 282 g/mol. The summed E-state index contributed by atoms with van der Waals surface area (Å²) in [4.78, 5) is 22.0. The Morgan fingerprint density at radius 3 is 2.17 bits per heavy atom. The van der Waals surface area contributed by atoms with Crippen molar-refractivity contribution >= 4 is 39.4 Å². The third-order valence-electron chi connectivity index (χ3n) is 2.18. The van der Waals surface area contributed by atoms with Crippen LogP contribution < -0.4 is 0 Å². The standard InChI is InChI=1S/C12H14N2O2S2/c1-8(15)17-6-10-3-4-12(14-13)5-11(10)7-18-9(2)16/h3-5,13H,6-7H2,1-2H3. The summed E-state index contributed by atoms with van der Waals surface area (Å²) in [6.45, 7) is 3.05. The highest BCUT2D eigenvalue weighted by Crippen LogP contribution is 2.26. The van der Waals surface area contributed by atoms with Gasteiger partial charge in [-0.1, -0.05) is 29.6 Å². The first-order chi connectivity index (χ1) is 8.52. The van der Waals surface area contributed by atoms with Gasteiger partial charge in [0.1, 0.15) is 0 Å². The average molecular weight is 282 g/mol. The van der Waals surface area contributed by atoms with E-state index in [0.717, 1.165) is 11.1 Å². The Hall–Kier alpha value is -1.14. The molecule has 1 N–H and O–H groups in total. The third kappa shape index (κ3) is 5.01. The van der Waals surface area contributed by atoms with Crippen molar-refractivity contribution in [1.82, 2.24) is 0 Å². The van der Waals surface area contributed by atoms with Gasteiger partial charge in [0.05, 0.1) is 5.69 Å². The van der Waals surface area contributed by atoms with Gasteiger partial charge in [-0.3, -0.25) is 9.59 Å². The molecule has 0 aliphatic carbocycles. The molecule has 0 aliphatic rings. The minimum Gasteiger partial charge on any atom is -0.288 e. The van der Waals surface area contributed by atoms with E-state index in [-0.39, 0.29) is 10.2 Å². The third-order valence-corrected chi connectivity index (χ3v) is 3.90. The largest absolute Gasteiger partial charge is 0.288 e. The van der Waals surface area contributed by atoms with Crippen LogP contribution in [0.5, 0.6) is 0 Å². The van der Waals surface area contributed by atoms with Gasteiger partial charge in [0.25, 0.3) is 0 Å². The summed E-state index contributed by atoms with van der Waals surface area (Å²) >= 11 is 2.45. The second kappa shape index (κ2) is 7.33. The molecule has 6 heteroatoms. The van der Waals surface area contributed by atoms with Crippen LogP contribution in [0.4, 0.5) is 5.69 Å². The summed E-state index contributed by atoms with van der Waals surface area (Å²) < 4.78 is 0. The van der Waals surface area contributed by atoms with Gasteiger partial charge < -0.3 is 0 Å². The Labute approximate surface area is 114 Å². The molecule has 1 aromatic carbocycles. The molecule has 0 radical (unpaired) electrons. The maximum atomic E-state index is 11.0. The van der Waals surface area contributed by atoms with E-state index in [9.17, 15) is 9.59 Å². The molecule has 0 spiro atoms. The molecule has 0 saturated carbocycles. The Morgan fingerprint density at radius 2 is 1.67 bits per heavy atom. The lowest BCUT2D eigenvalue weighted by Gasteiger charge is -2.08. The molecule has 96 valence electrons. The number of benzene rings is 1. The Kier molecular flexibility index (Phi) is 6.07. The molecule has 0 aromatic heterocycles. The van der Waals surface area contributed by atoms with E-state index in [1.165, 1.54) is 37.4 Å². The minimum absolute atomic E-state index is 0.0494. The lowest BCUT2D eigenvalue weighted by atomic mass is 10.1. The second-order valence-corrected chi connectivity index (χ2v) is 5.93. The lowest BCUT2D eigenvalue weighted by molar-refractivity contribution is -0.109.